The number of carbonyl (C=O) groups excluding carboxylic acids is 1. The number of nitrogens with zero attached hydrogens (tertiary/aromatic N) is 6. The predicted octanol–water partition coefficient (Wildman–Crippen LogP) is 3.92. The normalized spacial score (nSPS) is 22.2. The molecule has 4 fully saturated rings. The van der Waals surface area contributed by atoms with Gasteiger partial charge in [0, 0.05) is 75.0 Å². The van der Waals surface area contributed by atoms with Gasteiger partial charge in [-0.05, 0) is 88.7 Å². The van der Waals surface area contributed by atoms with E-state index in [1.807, 2.05) is 13.0 Å². The Morgan fingerprint density at radius 2 is 1.85 bits per heavy atom. The van der Waals surface area contributed by atoms with Crippen LogP contribution in [-0.2, 0) is 11.2 Å². The lowest BCUT2D eigenvalue weighted by molar-refractivity contribution is -0.00884. The molecule has 1 unspecified atom stereocenters. The highest BCUT2D eigenvalue weighted by Gasteiger charge is 2.48. The first-order valence-corrected chi connectivity index (χ1v) is 17.0. The molecule has 0 radical (unpaired) electrons. The van der Waals surface area contributed by atoms with Gasteiger partial charge in [0.1, 0.15) is 11.4 Å². The van der Waals surface area contributed by atoms with E-state index in [9.17, 15) is 4.79 Å². The number of primary amides is 1. The molecule has 1 amide bonds. The fourth-order valence-electron chi connectivity index (χ4n) is 7.40. The first kappa shape index (κ1) is 30.9. The summed E-state index contributed by atoms with van der Waals surface area (Å²) in [6.45, 7) is 11.6. The van der Waals surface area contributed by atoms with Crippen molar-refractivity contribution in [1.82, 2.24) is 30.0 Å². The number of H-pyrrole nitrogens is 1. The molecule has 3 saturated heterocycles. The third kappa shape index (κ3) is 6.56. The Kier molecular flexibility index (Phi) is 8.60. The predicted molar refractivity (Wildman–Crippen MR) is 181 cm³/mol. The van der Waals surface area contributed by atoms with Crippen LogP contribution in [0.3, 0.4) is 0 Å². The molecule has 7 rings (SSSR count). The quantitative estimate of drug-likeness (QED) is 0.276. The van der Waals surface area contributed by atoms with Gasteiger partial charge in [0.2, 0.25) is 0 Å². The molecule has 46 heavy (non-hydrogen) atoms. The van der Waals surface area contributed by atoms with E-state index >= 15 is 0 Å². The lowest BCUT2D eigenvalue weighted by Crippen LogP contribution is -2.52. The first-order chi connectivity index (χ1) is 22.3. The summed E-state index contributed by atoms with van der Waals surface area (Å²) in [6, 6.07) is 9.20. The van der Waals surface area contributed by atoms with Gasteiger partial charge in [-0.1, -0.05) is 6.92 Å². The molecule has 1 saturated carbocycles. The number of aromatic nitrogens is 4. The van der Waals surface area contributed by atoms with Crippen molar-refractivity contribution in [3.63, 3.8) is 0 Å². The molecule has 3 aliphatic heterocycles. The second kappa shape index (κ2) is 12.8. The second-order valence-corrected chi connectivity index (χ2v) is 13.7. The number of aryl methyl sites for hydroxylation is 2. The van der Waals surface area contributed by atoms with Gasteiger partial charge in [-0.15, -0.1) is 0 Å². The van der Waals surface area contributed by atoms with E-state index in [-0.39, 0.29) is 17.3 Å². The molecular formula is C34H48N10O2. The Hall–Kier alpha value is -3.74. The van der Waals surface area contributed by atoms with E-state index in [4.69, 9.17) is 20.4 Å². The summed E-state index contributed by atoms with van der Waals surface area (Å²) >= 11 is 0. The minimum absolute atomic E-state index is 0.00117. The summed E-state index contributed by atoms with van der Waals surface area (Å²) in [6.07, 6.45) is 7.26. The summed E-state index contributed by atoms with van der Waals surface area (Å²) < 4.78 is 6.05. The number of benzene rings is 1. The maximum Gasteiger partial charge on any atom is 0.271 e. The Bertz CT molecular complexity index is 1550. The fraction of sp³-hybridized carbons (Fsp3) is 0.588. The number of piperidine rings is 1. The topological polar surface area (TPSA) is 141 Å². The van der Waals surface area contributed by atoms with E-state index in [0.29, 0.717) is 35.7 Å². The van der Waals surface area contributed by atoms with Crippen LogP contribution in [0.4, 0.5) is 23.0 Å². The molecule has 0 bridgehead atoms. The van der Waals surface area contributed by atoms with E-state index in [1.165, 1.54) is 37.2 Å². The van der Waals surface area contributed by atoms with Crippen molar-refractivity contribution in [2.75, 3.05) is 68.5 Å². The van der Waals surface area contributed by atoms with Crippen molar-refractivity contribution < 1.29 is 9.53 Å². The molecule has 246 valence electrons. The van der Waals surface area contributed by atoms with Crippen LogP contribution in [-0.4, -0.2) is 106 Å². The molecule has 1 aliphatic carbocycles. The number of hydrogen-bond acceptors (Lipinski definition) is 10. The van der Waals surface area contributed by atoms with Gasteiger partial charge in [-0.2, -0.15) is 5.10 Å². The zero-order valence-corrected chi connectivity index (χ0v) is 27.4. The van der Waals surface area contributed by atoms with Crippen molar-refractivity contribution in [2.24, 2.45) is 5.73 Å². The van der Waals surface area contributed by atoms with Crippen LogP contribution < -0.4 is 21.3 Å². The van der Waals surface area contributed by atoms with E-state index in [2.05, 4.69) is 67.7 Å². The summed E-state index contributed by atoms with van der Waals surface area (Å²) in [5.41, 5.74) is 11.4. The molecule has 5 heterocycles. The van der Waals surface area contributed by atoms with Gasteiger partial charge >= 0.3 is 0 Å². The Morgan fingerprint density at radius 3 is 2.52 bits per heavy atom. The van der Waals surface area contributed by atoms with Crippen LogP contribution in [0, 0.1) is 6.92 Å². The molecule has 1 aromatic carbocycles. The van der Waals surface area contributed by atoms with Gasteiger partial charge in [0.25, 0.3) is 5.91 Å². The van der Waals surface area contributed by atoms with Crippen LogP contribution in [0.25, 0.3) is 11.4 Å². The number of aromatic amines is 1. The molecule has 1 atom stereocenters. The van der Waals surface area contributed by atoms with Gasteiger partial charge in [-0.25, -0.2) is 9.97 Å². The summed E-state index contributed by atoms with van der Waals surface area (Å²) in [7, 11) is 2.22. The SMILES string of the molecule is CCc1cc(Nc2nc(NC3CCOC4(CC4)C3)c(-c3cc(C)[nH]n3)nc2C(N)=O)ccc1N1CCC(N2CCN(C)CC2)CC1. The van der Waals surface area contributed by atoms with Crippen LogP contribution >= 0.6 is 0 Å². The second-order valence-electron chi connectivity index (χ2n) is 13.7. The van der Waals surface area contributed by atoms with E-state index in [0.717, 1.165) is 69.7 Å². The molecular weight excluding hydrogens is 580 g/mol. The maximum atomic E-state index is 12.7. The summed E-state index contributed by atoms with van der Waals surface area (Å²) in [5, 5.41) is 14.5. The van der Waals surface area contributed by atoms with Crippen LogP contribution in [0.5, 0.6) is 0 Å². The zero-order valence-electron chi connectivity index (χ0n) is 27.4. The van der Waals surface area contributed by atoms with Crippen LogP contribution in [0.15, 0.2) is 24.3 Å². The molecule has 2 aromatic heterocycles. The standard InChI is InChI=1S/C34H48N10O2/c1-4-23-20-24(5-6-28(23)44-12-7-26(8-13-44)43-16-14-42(3)15-17-43)36-33-30(31(35)45)38-29(27-19-22(2)40-41-27)32(39-33)37-25-9-18-46-34(21-25)10-11-34/h5-6,19-20,25-26H,4,7-18,21H2,1-3H3,(H2,35,45)(H,40,41)(H2,36,37,39). The highest BCUT2D eigenvalue weighted by atomic mass is 16.5. The number of rotatable bonds is 9. The lowest BCUT2D eigenvalue weighted by atomic mass is 10.00. The zero-order chi connectivity index (χ0) is 31.8. The minimum Gasteiger partial charge on any atom is -0.375 e. The lowest BCUT2D eigenvalue weighted by Gasteiger charge is -2.43. The smallest absolute Gasteiger partial charge is 0.271 e. The third-order valence-corrected chi connectivity index (χ3v) is 10.3. The number of piperazine rings is 1. The summed E-state index contributed by atoms with van der Waals surface area (Å²) in [5.74, 6) is 0.271. The monoisotopic (exact) mass is 628 g/mol. The molecule has 3 aromatic rings. The van der Waals surface area contributed by atoms with E-state index < -0.39 is 5.91 Å². The van der Waals surface area contributed by atoms with E-state index in [1.54, 1.807) is 0 Å². The molecule has 5 N–H and O–H groups in total. The molecule has 1 spiro atoms. The highest BCUT2D eigenvalue weighted by molar-refractivity contribution is 5.97. The number of nitrogens with two attached hydrogens (primary N) is 1. The van der Waals surface area contributed by atoms with Gasteiger partial charge in [0.15, 0.2) is 17.3 Å². The minimum atomic E-state index is -0.645. The Labute approximate surface area is 271 Å². The number of hydrogen-bond donors (Lipinski definition) is 4. The Balaban J connectivity index is 1.12. The molecule has 12 nitrogen and oxygen atoms in total. The Morgan fingerprint density at radius 1 is 1.07 bits per heavy atom. The van der Waals surface area contributed by atoms with Gasteiger partial charge in [-0.3, -0.25) is 14.8 Å². The van der Waals surface area contributed by atoms with Crippen LogP contribution in [0.1, 0.15) is 67.2 Å². The molecule has 4 aliphatic rings. The number of amides is 1. The van der Waals surface area contributed by atoms with Crippen molar-refractivity contribution in [3.8, 4) is 11.4 Å². The first-order valence-electron chi connectivity index (χ1n) is 17.0. The average Bonchev–Trinajstić information content (AvgIpc) is 3.65. The molecule has 12 heteroatoms. The van der Waals surface area contributed by atoms with Crippen molar-refractivity contribution in [2.45, 2.75) is 76.5 Å². The van der Waals surface area contributed by atoms with Crippen molar-refractivity contribution in [1.29, 1.82) is 0 Å². The average molecular weight is 629 g/mol. The van der Waals surface area contributed by atoms with Gasteiger partial charge < -0.3 is 30.9 Å². The number of carbonyl (C=O) groups is 1. The van der Waals surface area contributed by atoms with Crippen molar-refractivity contribution in [3.05, 3.63) is 41.2 Å². The number of nitrogens with one attached hydrogen (secondary N) is 3. The van der Waals surface area contributed by atoms with Crippen LogP contribution in [0.2, 0.25) is 0 Å². The third-order valence-electron chi connectivity index (χ3n) is 10.3. The number of ether oxygens (including phenoxy) is 1. The summed E-state index contributed by atoms with van der Waals surface area (Å²) in [4.78, 5) is 30.1. The van der Waals surface area contributed by atoms with Gasteiger partial charge in [0.05, 0.1) is 5.60 Å². The number of likely N-dealkylation sites (N-methyl/N-ethyl adjacent to an activating group) is 1. The van der Waals surface area contributed by atoms with Crippen molar-refractivity contribution >= 4 is 28.9 Å². The highest BCUT2D eigenvalue weighted by Crippen LogP contribution is 2.47. The number of anilines is 4. The maximum absolute atomic E-state index is 12.7. The largest absolute Gasteiger partial charge is 0.375 e. The fourth-order valence-corrected chi connectivity index (χ4v) is 7.40.